The summed E-state index contributed by atoms with van der Waals surface area (Å²) in [6.45, 7) is 28.6. The molecule has 2 unspecified atom stereocenters. The van der Waals surface area contributed by atoms with Crippen LogP contribution in [0.5, 0.6) is 0 Å². The molecule has 0 spiro atoms. The third-order valence-electron chi connectivity index (χ3n) is 15.7. The summed E-state index contributed by atoms with van der Waals surface area (Å²) in [5, 5.41) is 2.37. The fourth-order valence-electron chi connectivity index (χ4n) is 12.0. The van der Waals surface area contributed by atoms with E-state index in [1.807, 2.05) is 0 Å². The van der Waals surface area contributed by atoms with Gasteiger partial charge in [-0.25, -0.2) is 0 Å². The molecule has 1 aromatic heterocycles. The molecule has 3 aliphatic heterocycles. The van der Waals surface area contributed by atoms with E-state index in [4.69, 9.17) is 4.42 Å². The Labute approximate surface area is 364 Å². The van der Waals surface area contributed by atoms with Crippen molar-refractivity contribution in [2.24, 2.45) is 0 Å². The van der Waals surface area contributed by atoms with Gasteiger partial charge in [0.1, 0.15) is 11.2 Å². The van der Waals surface area contributed by atoms with E-state index in [9.17, 15) is 0 Å². The maximum absolute atomic E-state index is 6.97. The Bertz CT molecular complexity index is 2990. The standard InChI is InChI=1S/C57H61BN2O/c1-34-28-45-50-46(29-34)60-51-41(56(11)26-16-17-27-57(56,60)12)31-38(55(8,9)10)32-43(51)58(50)42-23-25-47-49(39-22-20-37(54(5,6)7)33-48(39)61-47)52(42)59(45)44-24-21-36(53(2,3)4)30-40(44)35-18-14-13-15-19-35/h13-15,18-25,28-33H,16-17,26-27H2,1-12H3. The lowest BCUT2D eigenvalue weighted by Crippen LogP contribution is -2.64. The maximum Gasteiger partial charge on any atom is 0.252 e. The molecule has 7 aromatic rings. The van der Waals surface area contributed by atoms with Crippen LogP contribution in [0.3, 0.4) is 0 Å². The summed E-state index contributed by atoms with van der Waals surface area (Å²) in [5.74, 6) is 0. The molecule has 1 aliphatic carbocycles. The molecule has 1 fully saturated rings. The first kappa shape index (κ1) is 38.7. The number of fused-ring (bicyclic) bond motifs is 11. The van der Waals surface area contributed by atoms with Crippen LogP contribution in [0.25, 0.3) is 33.1 Å². The molecular formula is C57H61BN2O. The van der Waals surface area contributed by atoms with Crippen molar-refractivity contribution in [3.8, 4) is 11.1 Å². The Balaban J connectivity index is 1.31. The van der Waals surface area contributed by atoms with Gasteiger partial charge in [0.25, 0.3) is 6.71 Å². The summed E-state index contributed by atoms with van der Waals surface area (Å²) < 4.78 is 6.97. The molecule has 4 aliphatic rings. The highest BCUT2D eigenvalue weighted by atomic mass is 16.3. The highest BCUT2D eigenvalue weighted by Crippen LogP contribution is 2.62. The summed E-state index contributed by atoms with van der Waals surface area (Å²) in [5.41, 5.74) is 22.0. The number of benzene rings is 6. The largest absolute Gasteiger partial charge is 0.456 e. The molecule has 61 heavy (non-hydrogen) atoms. The van der Waals surface area contributed by atoms with Gasteiger partial charge in [-0.3, -0.25) is 0 Å². The number of furan rings is 1. The summed E-state index contributed by atoms with van der Waals surface area (Å²) in [4.78, 5) is 5.54. The van der Waals surface area contributed by atoms with Gasteiger partial charge in [0, 0.05) is 33.4 Å². The van der Waals surface area contributed by atoms with Gasteiger partial charge in [-0.05, 0) is 129 Å². The van der Waals surface area contributed by atoms with Crippen molar-refractivity contribution in [3.63, 3.8) is 0 Å². The van der Waals surface area contributed by atoms with Crippen LogP contribution in [-0.4, -0.2) is 12.3 Å². The molecule has 0 N–H and O–H groups in total. The van der Waals surface area contributed by atoms with Crippen LogP contribution in [0.4, 0.5) is 28.4 Å². The van der Waals surface area contributed by atoms with Crippen molar-refractivity contribution >= 4 is 73.5 Å². The second-order valence-electron chi connectivity index (χ2n) is 22.6. The van der Waals surface area contributed by atoms with Crippen LogP contribution in [0.15, 0.2) is 108 Å². The van der Waals surface area contributed by atoms with E-state index in [2.05, 4.69) is 196 Å². The normalized spacial score (nSPS) is 20.6. The average Bonchev–Trinajstić information content (AvgIpc) is 3.68. The Hall–Kier alpha value is -5.22. The molecule has 0 amide bonds. The van der Waals surface area contributed by atoms with Gasteiger partial charge in [0.05, 0.1) is 22.3 Å². The Morgan fingerprint density at radius 1 is 0.590 bits per heavy atom. The van der Waals surface area contributed by atoms with E-state index < -0.39 is 0 Å². The van der Waals surface area contributed by atoms with E-state index in [-0.39, 0.29) is 33.9 Å². The highest BCUT2D eigenvalue weighted by Gasteiger charge is 2.61. The van der Waals surface area contributed by atoms with Gasteiger partial charge in [-0.2, -0.15) is 0 Å². The number of hydrogen-bond acceptors (Lipinski definition) is 3. The van der Waals surface area contributed by atoms with Crippen LogP contribution < -0.4 is 26.2 Å². The second kappa shape index (κ2) is 12.5. The topological polar surface area (TPSA) is 19.6 Å². The van der Waals surface area contributed by atoms with Crippen LogP contribution in [0.2, 0.25) is 0 Å². The quantitative estimate of drug-likeness (QED) is 0.162. The average molecular weight is 801 g/mol. The molecule has 1 saturated carbocycles. The van der Waals surface area contributed by atoms with E-state index in [1.165, 1.54) is 115 Å². The van der Waals surface area contributed by atoms with E-state index in [0.717, 1.165) is 11.2 Å². The summed E-state index contributed by atoms with van der Waals surface area (Å²) in [7, 11) is 0. The summed E-state index contributed by atoms with van der Waals surface area (Å²) in [6.07, 6.45) is 4.92. The zero-order chi connectivity index (χ0) is 42.8. The van der Waals surface area contributed by atoms with Crippen molar-refractivity contribution in [3.05, 3.63) is 131 Å². The van der Waals surface area contributed by atoms with Crippen LogP contribution in [-0.2, 0) is 21.7 Å². The SMILES string of the molecule is Cc1cc2c3c(c1)N1c4c(cc(C(C)(C)C)cc4C4(C)CCCCC14C)B3c1ccc3oc4cc(C(C)(C)C)ccc4c3c1N2c1ccc(C(C)(C)C)cc1-c1ccccc1. The minimum absolute atomic E-state index is 0.00174. The molecular weight excluding hydrogens is 739 g/mol. The predicted molar refractivity (Wildman–Crippen MR) is 262 cm³/mol. The maximum atomic E-state index is 6.97. The highest BCUT2D eigenvalue weighted by molar-refractivity contribution is 7.00. The van der Waals surface area contributed by atoms with Crippen LogP contribution >= 0.6 is 0 Å². The van der Waals surface area contributed by atoms with Gasteiger partial charge in [0.2, 0.25) is 0 Å². The molecule has 308 valence electrons. The molecule has 6 aromatic carbocycles. The van der Waals surface area contributed by atoms with Crippen molar-refractivity contribution in [1.29, 1.82) is 0 Å². The predicted octanol–water partition coefficient (Wildman–Crippen LogP) is 13.8. The van der Waals surface area contributed by atoms with E-state index in [1.54, 1.807) is 5.56 Å². The lowest BCUT2D eigenvalue weighted by molar-refractivity contribution is 0.195. The number of anilines is 5. The lowest BCUT2D eigenvalue weighted by Gasteiger charge is -2.53. The van der Waals surface area contributed by atoms with Crippen LogP contribution in [0, 0.1) is 6.92 Å². The van der Waals surface area contributed by atoms with E-state index in [0.29, 0.717) is 0 Å². The minimum atomic E-state index is -0.0461. The number of aryl methyl sites for hydroxylation is 1. The van der Waals surface area contributed by atoms with E-state index >= 15 is 0 Å². The van der Waals surface area contributed by atoms with Crippen molar-refractivity contribution in [1.82, 2.24) is 0 Å². The molecule has 0 radical (unpaired) electrons. The number of rotatable bonds is 2. The third-order valence-corrected chi connectivity index (χ3v) is 15.7. The van der Waals surface area contributed by atoms with Gasteiger partial charge in [-0.15, -0.1) is 0 Å². The fourth-order valence-corrected chi connectivity index (χ4v) is 12.0. The smallest absolute Gasteiger partial charge is 0.252 e. The van der Waals surface area contributed by atoms with Gasteiger partial charge < -0.3 is 14.2 Å². The minimum Gasteiger partial charge on any atom is -0.456 e. The third kappa shape index (κ3) is 5.30. The molecule has 4 heteroatoms. The van der Waals surface area contributed by atoms with Crippen molar-refractivity contribution < 1.29 is 4.42 Å². The molecule has 0 saturated heterocycles. The van der Waals surface area contributed by atoms with Crippen molar-refractivity contribution in [2.75, 3.05) is 9.80 Å². The molecule has 3 nitrogen and oxygen atoms in total. The summed E-state index contributed by atoms with van der Waals surface area (Å²) >= 11 is 0. The Morgan fingerprint density at radius 2 is 1.26 bits per heavy atom. The monoisotopic (exact) mass is 800 g/mol. The van der Waals surface area contributed by atoms with Crippen LogP contribution in [0.1, 0.15) is 130 Å². The van der Waals surface area contributed by atoms with Gasteiger partial charge >= 0.3 is 0 Å². The second-order valence-corrected chi connectivity index (χ2v) is 22.6. The van der Waals surface area contributed by atoms with Crippen molar-refractivity contribution in [2.45, 2.75) is 136 Å². The molecule has 11 rings (SSSR count). The lowest BCUT2D eigenvalue weighted by atomic mass is 9.33. The van der Waals surface area contributed by atoms with Gasteiger partial charge in [-0.1, -0.05) is 149 Å². The molecule has 0 bridgehead atoms. The Morgan fingerprint density at radius 3 is 1.98 bits per heavy atom. The fraction of sp³-hybridized carbons (Fsp3) is 0.368. The first-order valence-electron chi connectivity index (χ1n) is 22.9. The van der Waals surface area contributed by atoms with Gasteiger partial charge in [0.15, 0.2) is 0 Å². The molecule has 2 atom stereocenters. The zero-order valence-electron chi connectivity index (χ0n) is 38.5. The number of hydrogen-bond donors (Lipinski definition) is 0. The Kier molecular flexibility index (Phi) is 7.90. The first-order valence-corrected chi connectivity index (χ1v) is 22.9. The first-order chi connectivity index (χ1) is 28.8. The molecule has 4 heterocycles. The number of nitrogens with zero attached hydrogens (tertiary/aromatic N) is 2. The summed E-state index contributed by atoms with van der Waals surface area (Å²) in [6, 6.07) is 40.3. The zero-order valence-corrected chi connectivity index (χ0v) is 38.5.